The summed E-state index contributed by atoms with van der Waals surface area (Å²) in [6.45, 7) is 1.99. The Labute approximate surface area is 110 Å². The number of halogens is 2. The van der Waals surface area contributed by atoms with Gasteiger partial charge in [-0.1, -0.05) is 37.3 Å². The molecule has 0 amide bonds. The highest BCUT2D eigenvalue weighted by Gasteiger charge is 2.03. The number of hydrogen-bond acceptors (Lipinski definition) is 2. The van der Waals surface area contributed by atoms with Crippen molar-refractivity contribution < 1.29 is 8.78 Å². The third kappa shape index (κ3) is 3.61. The van der Waals surface area contributed by atoms with Crippen LogP contribution in [-0.4, -0.2) is 6.21 Å². The molecule has 2 aromatic carbocycles. The first-order valence-electron chi connectivity index (χ1n) is 5.96. The summed E-state index contributed by atoms with van der Waals surface area (Å²) in [5, 5.41) is 3.97. The Bertz CT molecular complexity index is 568. The topological polar surface area (TPSA) is 24.4 Å². The first kappa shape index (κ1) is 13.2. The van der Waals surface area contributed by atoms with Crippen LogP contribution in [0.25, 0.3) is 0 Å². The molecule has 0 heterocycles. The van der Waals surface area contributed by atoms with Gasteiger partial charge in [0.2, 0.25) is 0 Å². The van der Waals surface area contributed by atoms with Crippen LogP contribution in [0.3, 0.4) is 0 Å². The lowest BCUT2D eigenvalue weighted by Crippen LogP contribution is -1.99. The summed E-state index contributed by atoms with van der Waals surface area (Å²) in [6.07, 6.45) is 1.68. The van der Waals surface area contributed by atoms with E-state index in [4.69, 9.17) is 0 Å². The fourth-order valence-electron chi connectivity index (χ4n) is 1.64. The Kier molecular flexibility index (Phi) is 4.23. The fraction of sp³-hybridized carbons (Fsp3) is 0.133. The zero-order valence-electron chi connectivity index (χ0n) is 10.5. The highest BCUT2D eigenvalue weighted by Crippen LogP contribution is 2.15. The van der Waals surface area contributed by atoms with Crippen LogP contribution >= 0.6 is 0 Å². The molecule has 2 aromatic rings. The Morgan fingerprint density at radius 2 is 1.84 bits per heavy atom. The van der Waals surface area contributed by atoms with E-state index >= 15 is 0 Å². The Balaban J connectivity index is 2.00. The van der Waals surface area contributed by atoms with Gasteiger partial charge in [-0.05, 0) is 17.7 Å². The van der Waals surface area contributed by atoms with Crippen LogP contribution in [0.15, 0.2) is 53.6 Å². The number of anilines is 1. The summed E-state index contributed by atoms with van der Waals surface area (Å²) >= 11 is 0. The average molecular weight is 260 g/mol. The van der Waals surface area contributed by atoms with Crippen molar-refractivity contribution in [1.29, 1.82) is 0 Å². The van der Waals surface area contributed by atoms with Gasteiger partial charge in [-0.25, -0.2) is 8.78 Å². The molecule has 0 unspecified atom stereocenters. The molecule has 0 saturated heterocycles. The van der Waals surface area contributed by atoms with Crippen LogP contribution in [0.1, 0.15) is 18.4 Å². The van der Waals surface area contributed by atoms with Crippen molar-refractivity contribution in [3.8, 4) is 0 Å². The van der Waals surface area contributed by atoms with Gasteiger partial charge in [0.15, 0.2) is 5.82 Å². The van der Waals surface area contributed by atoms with Crippen LogP contribution in [0.5, 0.6) is 0 Å². The van der Waals surface area contributed by atoms with Crippen LogP contribution in [-0.2, 0) is 0 Å². The van der Waals surface area contributed by atoms with Crippen molar-refractivity contribution in [2.75, 3.05) is 5.43 Å². The monoisotopic (exact) mass is 260 g/mol. The largest absolute Gasteiger partial charge is 0.276 e. The van der Waals surface area contributed by atoms with Gasteiger partial charge in [0.05, 0.1) is 5.69 Å². The maximum absolute atomic E-state index is 13.3. The van der Waals surface area contributed by atoms with E-state index in [1.54, 1.807) is 6.21 Å². The molecular formula is C15H14F2N2. The number of hydrogen-bond donors (Lipinski definition) is 1. The molecule has 0 radical (unpaired) electrons. The van der Waals surface area contributed by atoms with E-state index in [1.807, 2.05) is 37.3 Å². The van der Waals surface area contributed by atoms with E-state index in [0.717, 1.165) is 11.6 Å². The predicted molar refractivity (Wildman–Crippen MR) is 73.3 cm³/mol. The summed E-state index contributed by atoms with van der Waals surface area (Å²) in [6, 6.07) is 13.2. The number of hydrazone groups is 1. The van der Waals surface area contributed by atoms with Gasteiger partial charge in [0.25, 0.3) is 0 Å². The molecule has 0 aliphatic rings. The highest BCUT2D eigenvalue weighted by molar-refractivity contribution is 5.68. The van der Waals surface area contributed by atoms with Gasteiger partial charge in [-0.15, -0.1) is 0 Å². The second kappa shape index (κ2) is 6.09. The molecule has 0 fully saturated rings. The quantitative estimate of drug-likeness (QED) is 0.647. The molecule has 19 heavy (non-hydrogen) atoms. The standard InChI is InChI=1S/C15H14F2N2/c1-11(12-5-3-2-4-6-12)10-18-19-15-8-7-13(16)9-14(15)17/h2-11,19H,1H3/b18-10-/t11-/m1/s1. The van der Waals surface area contributed by atoms with Gasteiger partial charge >= 0.3 is 0 Å². The lowest BCUT2D eigenvalue weighted by atomic mass is 10.0. The van der Waals surface area contributed by atoms with Crippen molar-refractivity contribution in [2.24, 2.45) is 5.10 Å². The van der Waals surface area contributed by atoms with Crippen LogP contribution in [0, 0.1) is 11.6 Å². The minimum absolute atomic E-state index is 0.109. The lowest BCUT2D eigenvalue weighted by molar-refractivity contribution is 0.585. The van der Waals surface area contributed by atoms with Crippen LogP contribution in [0.4, 0.5) is 14.5 Å². The minimum atomic E-state index is -0.662. The van der Waals surface area contributed by atoms with Gasteiger partial charge < -0.3 is 0 Å². The maximum Gasteiger partial charge on any atom is 0.151 e. The molecule has 2 nitrogen and oxygen atoms in total. The second-order valence-corrected chi connectivity index (χ2v) is 4.21. The molecule has 0 aliphatic heterocycles. The maximum atomic E-state index is 13.3. The van der Waals surface area contributed by atoms with E-state index in [0.29, 0.717) is 0 Å². The molecule has 0 bridgehead atoms. The van der Waals surface area contributed by atoms with Gasteiger partial charge in [0.1, 0.15) is 5.82 Å². The molecule has 4 heteroatoms. The van der Waals surface area contributed by atoms with E-state index in [1.165, 1.54) is 12.1 Å². The zero-order valence-corrected chi connectivity index (χ0v) is 10.5. The van der Waals surface area contributed by atoms with E-state index in [-0.39, 0.29) is 11.6 Å². The SMILES string of the molecule is C[C@H](/C=N\Nc1ccc(F)cc1F)c1ccccc1. The number of rotatable bonds is 4. The molecule has 98 valence electrons. The van der Waals surface area contributed by atoms with Crippen LogP contribution < -0.4 is 5.43 Å². The predicted octanol–water partition coefficient (Wildman–Crippen LogP) is 4.17. The van der Waals surface area contributed by atoms with Crippen molar-refractivity contribution >= 4 is 11.9 Å². The van der Waals surface area contributed by atoms with Gasteiger partial charge in [0, 0.05) is 18.2 Å². The zero-order chi connectivity index (χ0) is 13.7. The molecule has 1 N–H and O–H groups in total. The number of benzene rings is 2. The highest BCUT2D eigenvalue weighted by atomic mass is 19.1. The fourth-order valence-corrected chi connectivity index (χ4v) is 1.64. The summed E-state index contributed by atoms with van der Waals surface area (Å²) in [5.41, 5.74) is 3.84. The molecule has 0 aliphatic carbocycles. The third-order valence-corrected chi connectivity index (χ3v) is 2.74. The summed E-state index contributed by atoms with van der Waals surface area (Å²) < 4.78 is 26.0. The first-order valence-corrected chi connectivity index (χ1v) is 5.96. The van der Waals surface area contributed by atoms with Gasteiger partial charge in [-0.3, -0.25) is 5.43 Å². The summed E-state index contributed by atoms with van der Waals surface area (Å²) in [4.78, 5) is 0. The summed E-state index contributed by atoms with van der Waals surface area (Å²) in [5.74, 6) is -1.16. The van der Waals surface area contributed by atoms with Gasteiger partial charge in [-0.2, -0.15) is 5.10 Å². The Morgan fingerprint density at radius 3 is 2.53 bits per heavy atom. The first-order chi connectivity index (χ1) is 9.16. The smallest absolute Gasteiger partial charge is 0.151 e. The molecule has 0 saturated carbocycles. The number of nitrogens with one attached hydrogen (secondary N) is 1. The van der Waals surface area contributed by atoms with Crippen molar-refractivity contribution in [3.05, 3.63) is 65.7 Å². The molecule has 1 atom stereocenters. The van der Waals surface area contributed by atoms with E-state index in [2.05, 4.69) is 10.5 Å². The number of nitrogens with zero attached hydrogens (tertiary/aromatic N) is 1. The normalized spacial score (nSPS) is 12.6. The Hall–Kier alpha value is -2.23. The molecule has 0 spiro atoms. The second-order valence-electron chi connectivity index (χ2n) is 4.21. The van der Waals surface area contributed by atoms with Crippen molar-refractivity contribution in [2.45, 2.75) is 12.8 Å². The third-order valence-electron chi connectivity index (χ3n) is 2.74. The summed E-state index contributed by atoms with van der Waals surface area (Å²) in [7, 11) is 0. The van der Waals surface area contributed by atoms with Crippen LogP contribution in [0.2, 0.25) is 0 Å². The molecule has 0 aromatic heterocycles. The average Bonchev–Trinajstić information content (AvgIpc) is 2.42. The minimum Gasteiger partial charge on any atom is -0.276 e. The lowest BCUT2D eigenvalue weighted by Gasteiger charge is -2.06. The van der Waals surface area contributed by atoms with E-state index < -0.39 is 11.6 Å². The molecule has 2 rings (SSSR count). The molecular weight excluding hydrogens is 246 g/mol. The Morgan fingerprint density at radius 1 is 1.11 bits per heavy atom. The van der Waals surface area contributed by atoms with E-state index in [9.17, 15) is 8.78 Å². The van der Waals surface area contributed by atoms with Crippen molar-refractivity contribution in [1.82, 2.24) is 0 Å². The van der Waals surface area contributed by atoms with Crippen molar-refractivity contribution in [3.63, 3.8) is 0 Å².